The summed E-state index contributed by atoms with van der Waals surface area (Å²) in [7, 11) is 176. The van der Waals surface area contributed by atoms with Gasteiger partial charge in [0.15, 0.2) is 0 Å². The van der Waals surface area contributed by atoms with Crippen LogP contribution in [0.1, 0.15) is 0 Å². The average molecular weight is 2890 g/mol. The summed E-state index contributed by atoms with van der Waals surface area (Å²) < 4.78 is 0.224. The first kappa shape index (κ1) is 130. The van der Waals surface area contributed by atoms with Crippen molar-refractivity contribution in [1.29, 1.82) is 0 Å². The van der Waals surface area contributed by atoms with E-state index in [2.05, 4.69) is 420 Å². The van der Waals surface area contributed by atoms with Gasteiger partial charge in [-0.25, -0.2) is 0 Å². The van der Waals surface area contributed by atoms with Gasteiger partial charge in [-0.15, -0.1) is 420 Å². The van der Waals surface area contributed by atoms with Crippen molar-refractivity contribution in [3.63, 3.8) is 0 Å². The zero-order chi connectivity index (χ0) is 72.3. The van der Waals surface area contributed by atoms with Gasteiger partial charge >= 0.3 is 0 Å². The fraction of sp³-hybridized carbons (Fsp3) is 1.00. The van der Waals surface area contributed by atoms with E-state index in [1.165, 1.54) is 0 Å². The molecule has 0 rings (SSSR count). The Morgan fingerprint density at radius 3 is 0.308 bits per heavy atom. The molecule has 0 aliphatic carbocycles. The predicted molar refractivity (Wildman–Crippen MR) is 757 cm³/mol. The number of hydrogen-bond acceptors (Lipinski definition) is 0. The third-order valence-electron chi connectivity index (χ3n) is 8.51. The van der Waals surface area contributed by atoms with Gasteiger partial charge in [-0.05, 0) is 302 Å². The molecule has 50 unspecified atom stereocenters. The van der Waals surface area contributed by atoms with Crippen molar-refractivity contribution in [2.75, 3.05) is 0 Å². The minimum atomic E-state index is -0.730. The van der Waals surface area contributed by atoms with Crippen LogP contribution in [0.3, 0.4) is 0 Å². The molecule has 50 atom stereocenters. The molecule has 0 aliphatic rings. The molecular weight excluding hydrogens is 2800 g/mol. The molecule has 0 aliphatic heterocycles. The van der Waals surface area contributed by atoms with Crippen LogP contribution in [-0.2, 0) is 0 Å². The predicted octanol–water partition coefficient (Wildman–Crippen LogP) is 52.1. The van der Waals surface area contributed by atoms with Gasteiger partial charge in [0.1, 0.15) is 0 Å². The van der Waals surface area contributed by atoms with Crippen LogP contribution in [0.15, 0.2) is 0 Å². The number of hydrogen-bond donors (Lipinski definition) is 0. The third kappa shape index (κ3) is 43.2. The van der Waals surface area contributed by atoms with Crippen molar-refractivity contribution >= 4 is 721 Å². The molecule has 91 heavy (non-hydrogen) atoms. The lowest BCUT2D eigenvalue weighted by Crippen LogP contribution is -2.14. The molecule has 0 nitrogen and oxygen atoms in total. The smallest absolute Gasteiger partial charge is 0.0860 e. The van der Waals surface area contributed by atoms with E-state index in [4.69, 9.17) is 0 Å². The van der Waals surface area contributed by atoms with Crippen LogP contribution in [0.5, 0.6) is 0 Å². The topological polar surface area (TPSA) is 0 Å². The molecule has 0 saturated carbocycles. The lowest BCUT2D eigenvalue weighted by atomic mass is 11.8. The van der Waals surface area contributed by atoms with Crippen molar-refractivity contribution in [3.8, 4) is 0 Å². The van der Waals surface area contributed by atoms with Crippen molar-refractivity contribution < 1.29 is 0 Å². The zero-order valence-electron chi connectivity index (χ0n) is 46.9. The van der Waals surface area contributed by atoms with Gasteiger partial charge in [-0.3, -0.25) is 0 Å². The van der Waals surface area contributed by atoms with Crippen LogP contribution < -0.4 is 0 Å². The van der Waals surface area contributed by atoms with E-state index in [0.29, 0.717) is 0 Å². The summed E-state index contributed by atoms with van der Waals surface area (Å²) >= 11 is 0. The maximum atomic E-state index is 4.07. The van der Waals surface area contributed by atoms with Crippen LogP contribution in [0.2, 0.25) is 0 Å². The Hall–Kier alpha value is 38.7. The highest BCUT2D eigenvalue weighted by molar-refractivity contribution is 9.46. The molecular formula is CH94P90. The van der Waals surface area contributed by atoms with Gasteiger partial charge < -0.3 is 0 Å². The highest BCUT2D eigenvalue weighted by Gasteiger charge is 2.75. The van der Waals surface area contributed by atoms with Gasteiger partial charge in [-0.1, -0.05) is 0 Å². The molecule has 548 valence electrons. The van der Waals surface area contributed by atoms with Crippen LogP contribution in [-0.4, -0.2) is 4.38 Å². The average Bonchev–Trinajstić information content (AvgIpc) is 3.32. The van der Waals surface area contributed by atoms with Crippen molar-refractivity contribution in [2.45, 2.75) is 4.38 Å². The largest absolute Gasteiger partial charge is 0.102 e. The molecule has 90 heteroatoms. The monoisotopic (exact) mass is 2890 g/mol. The summed E-state index contributed by atoms with van der Waals surface area (Å²) in [5, 5.41) is 0. The van der Waals surface area contributed by atoms with Crippen molar-refractivity contribution in [2.24, 2.45) is 0 Å². The van der Waals surface area contributed by atoms with E-state index in [9.17, 15) is 0 Å². The van der Waals surface area contributed by atoms with E-state index in [-0.39, 0.29) is 4.38 Å². The van der Waals surface area contributed by atoms with E-state index in [0.717, 1.165) is 0 Å². The Bertz CT molecular complexity index is 1590. The van der Waals surface area contributed by atoms with Crippen molar-refractivity contribution in [1.82, 2.24) is 0 Å². The molecule has 0 aromatic rings. The lowest BCUT2D eigenvalue weighted by Gasteiger charge is -2.71. The summed E-state index contributed by atoms with van der Waals surface area (Å²) in [6.07, 6.45) is 0. The molecule has 0 aromatic heterocycles. The molecule has 0 N–H and O–H groups in total. The van der Waals surface area contributed by atoms with Crippen LogP contribution in [0.4, 0.5) is 0 Å². The van der Waals surface area contributed by atoms with Crippen LogP contribution >= 0.6 is 721 Å². The summed E-state index contributed by atoms with van der Waals surface area (Å²) in [4.78, 5) is 0. The van der Waals surface area contributed by atoms with E-state index >= 15 is 0 Å². The second-order valence-electron chi connectivity index (χ2n) is 14.8. The van der Waals surface area contributed by atoms with E-state index in [1.807, 2.05) is 0 Å². The third-order valence-corrected chi connectivity index (χ3v) is 593. The SMILES string of the molecule is PP(P)P(P)P(P(P(P)P)P(P)P)P(P(P(P(P)P)P(P)P)P(P(P)P)P(P)P)C(P(P(P(P)P)P(P)P)P(P(P)P)P(P)P)(P(P(P(P)P)P(P)P)P(P(P)P)P(P)P)P(P(P(P(P)P)P(P)P)P(P(P)P)P(P)P)P(P(P(P)P)P(P)P)P(P(P)P)P(P)P. The van der Waals surface area contributed by atoms with Crippen LogP contribution in [0.25, 0.3) is 0 Å². The fourth-order valence-electron chi connectivity index (χ4n) is 6.12. The fourth-order valence-corrected chi connectivity index (χ4v) is 1130. The van der Waals surface area contributed by atoms with Crippen LogP contribution in [0, 0.1) is 0 Å². The molecule has 0 spiro atoms. The van der Waals surface area contributed by atoms with E-state index in [1.54, 1.807) is 0 Å². The van der Waals surface area contributed by atoms with Crippen molar-refractivity contribution in [3.05, 3.63) is 0 Å². The normalized spacial score (nSPS) is 15.7. The second kappa shape index (κ2) is 69.6. The number of rotatable bonds is 43. The van der Waals surface area contributed by atoms with Gasteiger partial charge in [0.05, 0.1) is 4.38 Å². The first-order valence-corrected chi connectivity index (χ1v) is 182. The summed E-state index contributed by atoms with van der Waals surface area (Å²) in [5.74, 6) is 0. The maximum Gasteiger partial charge on any atom is 0.0860 e. The highest BCUT2D eigenvalue weighted by atomic mass is 33.5. The molecule has 0 fully saturated rings. The van der Waals surface area contributed by atoms with E-state index < -0.39 is 302 Å². The molecule has 0 heterocycles. The Labute approximate surface area is 714 Å². The highest BCUT2D eigenvalue weighted by Crippen LogP contribution is 3.50. The molecule has 0 amide bonds. The summed E-state index contributed by atoms with van der Waals surface area (Å²) in [6.45, 7) is -18.9. The van der Waals surface area contributed by atoms with Gasteiger partial charge in [0.2, 0.25) is 0 Å². The minimum Gasteiger partial charge on any atom is -0.102 e. The standard InChI is InChI=1S/CH94P90/c2-53(3)76(48)81(85(62(20)21)63(22)23)51(82(86(64(24)25)65(26)27)87(66(28)29)67(30)31)1(49(77(54(4)5)55(6)7)78(56(8)9)57(10)11,50(79(58(12)13)59(14)15)80(60(16)17)61(18)19)52(83(88(68(32)33)69(34)35)89(70(36)37)71(38)39)84(90(72(40)41)73(42)43)91(74(44)45)75(46)47/h2-48H2. The Balaban J connectivity index is 14.7. The molecule has 0 radical (unpaired) electrons. The van der Waals surface area contributed by atoms with Gasteiger partial charge in [0.25, 0.3) is 0 Å². The Morgan fingerprint density at radius 2 is 0.198 bits per heavy atom. The Kier molecular flexibility index (Phi) is 99.1. The zero-order valence-corrected chi connectivity index (χ0v) is 140. The van der Waals surface area contributed by atoms with Gasteiger partial charge in [-0.2, -0.15) is 0 Å². The lowest BCUT2D eigenvalue weighted by molar-refractivity contribution is 1.87. The maximum absolute atomic E-state index is 4.07. The molecule has 0 bridgehead atoms. The van der Waals surface area contributed by atoms with Gasteiger partial charge in [0, 0.05) is 0 Å². The quantitative estimate of drug-likeness (QED) is 0.0534. The first-order chi connectivity index (χ1) is 41.3. The minimum absolute atomic E-state index is 0.224. The second-order valence-corrected chi connectivity index (χ2v) is 376. The molecule has 0 aromatic carbocycles. The summed E-state index contributed by atoms with van der Waals surface area (Å²) in [6, 6.07) is 0. The Morgan fingerprint density at radius 1 is 0.0989 bits per heavy atom. The first-order valence-electron chi connectivity index (χ1n) is 20.8. The summed E-state index contributed by atoms with van der Waals surface area (Å²) in [5.41, 5.74) is 0. The molecule has 0 saturated heterocycles.